The number of carboxylic acids is 1. The van der Waals surface area contributed by atoms with Crippen LogP contribution in [0.4, 0.5) is 4.79 Å². The van der Waals surface area contributed by atoms with Crippen LogP contribution in [-0.2, 0) is 11.3 Å². The Bertz CT molecular complexity index is 1060. The van der Waals surface area contributed by atoms with Crippen LogP contribution in [0.25, 0.3) is 11.1 Å². The molecule has 2 N–H and O–H groups in total. The normalized spacial score (nSPS) is 12.0. The van der Waals surface area contributed by atoms with Gasteiger partial charge in [0.1, 0.15) is 12.4 Å². The molecule has 30 heavy (non-hydrogen) atoms. The Morgan fingerprint density at radius 1 is 0.967 bits per heavy atom. The summed E-state index contributed by atoms with van der Waals surface area (Å²) in [6, 6.07) is 20.8. The first-order chi connectivity index (χ1) is 14.6. The highest BCUT2D eigenvalue weighted by Gasteiger charge is 2.29. The third kappa shape index (κ3) is 3.72. The quantitative estimate of drug-likeness (QED) is 0.636. The maximum absolute atomic E-state index is 12.3. The van der Waals surface area contributed by atoms with Crippen LogP contribution in [0.2, 0.25) is 0 Å². The van der Waals surface area contributed by atoms with Crippen LogP contribution < -0.4 is 10.1 Å². The van der Waals surface area contributed by atoms with Crippen molar-refractivity contribution < 1.29 is 24.2 Å². The number of methoxy groups -OCH3 is 1. The SMILES string of the molecule is COc1ccc(C(=O)O)cc1CNC(=O)OCC1c2ccccc2-c2ccccc21. The van der Waals surface area contributed by atoms with Crippen molar-refractivity contribution in [3.63, 3.8) is 0 Å². The fraction of sp³-hybridized carbons (Fsp3) is 0.167. The molecule has 0 saturated heterocycles. The summed E-state index contributed by atoms with van der Waals surface area (Å²) in [6.45, 7) is 0.313. The van der Waals surface area contributed by atoms with E-state index < -0.39 is 12.1 Å². The van der Waals surface area contributed by atoms with Gasteiger partial charge in [-0.3, -0.25) is 0 Å². The molecule has 0 fully saturated rings. The minimum absolute atomic E-state index is 0.0203. The first-order valence-electron chi connectivity index (χ1n) is 9.57. The van der Waals surface area contributed by atoms with E-state index in [0.717, 1.165) is 22.3 Å². The molecule has 6 heteroatoms. The number of hydrogen-bond acceptors (Lipinski definition) is 4. The van der Waals surface area contributed by atoms with Crippen molar-refractivity contribution in [2.24, 2.45) is 0 Å². The predicted molar refractivity (Wildman–Crippen MR) is 112 cm³/mol. The zero-order valence-corrected chi connectivity index (χ0v) is 16.4. The molecule has 1 aliphatic carbocycles. The Hall–Kier alpha value is -3.80. The zero-order valence-electron chi connectivity index (χ0n) is 16.4. The van der Waals surface area contributed by atoms with Gasteiger partial charge in [-0.1, -0.05) is 48.5 Å². The number of carbonyl (C=O) groups is 2. The van der Waals surface area contributed by atoms with Gasteiger partial charge >= 0.3 is 12.1 Å². The summed E-state index contributed by atoms with van der Waals surface area (Å²) >= 11 is 0. The van der Waals surface area contributed by atoms with Crippen molar-refractivity contribution >= 4 is 12.1 Å². The lowest BCUT2D eigenvalue weighted by molar-refractivity contribution is 0.0696. The summed E-state index contributed by atoms with van der Waals surface area (Å²) in [7, 11) is 1.49. The van der Waals surface area contributed by atoms with Crippen LogP contribution in [0.15, 0.2) is 66.7 Å². The Kier molecular flexibility index (Phi) is 5.39. The van der Waals surface area contributed by atoms with Gasteiger partial charge in [0.25, 0.3) is 0 Å². The van der Waals surface area contributed by atoms with Gasteiger partial charge in [0, 0.05) is 18.0 Å². The van der Waals surface area contributed by atoms with E-state index >= 15 is 0 Å². The fourth-order valence-corrected chi connectivity index (χ4v) is 3.87. The summed E-state index contributed by atoms with van der Waals surface area (Å²) in [6.07, 6.45) is -0.570. The number of amides is 1. The number of carbonyl (C=O) groups excluding carboxylic acids is 1. The third-order valence-electron chi connectivity index (χ3n) is 5.29. The lowest BCUT2D eigenvalue weighted by atomic mass is 9.98. The van der Waals surface area contributed by atoms with Gasteiger partial charge in [-0.25, -0.2) is 9.59 Å². The molecule has 0 aromatic heterocycles. The van der Waals surface area contributed by atoms with Crippen molar-refractivity contribution in [2.45, 2.75) is 12.5 Å². The molecular weight excluding hydrogens is 382 g/mol. The van der Waals surface area contributed by atoms with Gasteiger partial charge in [0.05, 0.1) is 12.7 Å². The average Bonchev–Trinajstić information content (AvgIpc) is 3.09. The molecule has 0 saturated carbocycles. The number of hydrogen-bond donors (Lipinski definition) is 2. The van der Waals surface area contributed by atoms with Crippen LogP contribution in [0.3, 0.4) is 0 Å². The van der Waals surface area contributed by atoms with E-state index in [1.807, 2.05) is 24.3 Å². The van der Waals surface area contributed by atoms with Gasteiger partial charge in [-0.05, 0) is 40.5 Å². The molecule has 0 spiro atoms. The molecule has 152 valence electrons. The van der Waals surface area contributed by atoms with E-state index in [1.54, 1.807) is 6.07 Å². The summed E-state index contributed by atoms with van der Waals surface area (Å²) < 4.78 is 10.8. The summed E-state index contributed by atoms with van der Waals surface area (Å²) in [5.41, 5.74) is 5.30. The smallest absolute Gasteiger partial charge is 0.407 e. The minimum atomic E-state index is -1.04. The van der Waals surface area contributed by atoms with E-state index in [-0.39, 0.29) is 24.6 Å². The lowest BCUT2D eigenvalue weighted by Crippen LogP contribution is -2.26. The first kappa shape index (κ1) is 19.5. The van der Waals surface area contributed by atoms with Gasteiger partial charge in [-0.15, -0.1) is 0 Å². The van der Waals surface area contributed by atoms with Crippen LogP contribution in [0.1, 0.15) is 33.0 Å². The van der Waals surface area contributed by atoms with Gasteiger partial charge < -0.3 is 19.9 Å². The standard InChI is InChI=1S/C24H21NO5/c1-29-22-11-10-15(23(26)27)12-16(22)13-25-24(28)30-14-21-19-8-4-2-6-17(19)18-7-3-5-9-20(18)21/h2-12,21H,13-14H2,1H3,(H,25,28)(H,26,27). The van der Waals surface area contributed by atoms with E-state index in [0.29, 0.717) is 11.3 Å². The van der Waals surface area contributed by atoms with Crippen LogP contribution in [0.5, 0.6) is 5.75 Å². The Morgan fingerprint density at radius 3 is 2.20 bits per heavy atom. The van der Waals surface area contributed by atoms with E-state index in [4.69, 9.17) is 14.6 Å². The Balaban J connectivity index is 1.43. The number of carboxylic acid groups (broad SMARTS) is 1. The van der Waals surface area contributed by atoms with Crippen LogP contribution >= 0.6 is 0 Å². The topological polar surface area (TPSA) is 84.9 Å². The molecule has 1 aliphatic rings. The van der Waals surface area contributed by atoms with Crippen molar-refractivity contribution in [3.8, 4) is 16.9 Å². The second-order valence-electron chi connectivity index (χ2n) is 7.01. The molecule has 1 amide bonds. The maximum Gasteiger partial charge on any atom is 0.407 e. The number of alkyl carbamates (subject to hydrolysis) is 1. The number of nitrogens with one attached hydrogen (secondary N) is 1. The third-order valence-corrected chi connectivity index (χ3v) is 5.29. The number of fused-ring (bicyclic) bond motifs is 3. The van der Waals surface area contributed by atoms with Crippen molar-refractivity contribution in [1.82, 2.24) is 5.32 Å². The highest BCUT2D eigenvalue weighted by atomic mass is 16.5. The molecule has 3 aromatic carbocycles. The highest BCUT2D eigenvalue weighted by molar-refractivity contribution is 5.88. The molecule has 0 radical (unpaired) electrons. The number of aromatic carboxylic acids is 1. The minimum Gasteiger partial charge on any atom is -0.496 e. The highest BCUT2D eigenvalue weighted by Crippen LogP contribution is 2.44. The second kappa shape index (κ2) is 8.29. The average molecular weight is 403 g/mol. The Morgan fingerprint density at radius 2 is 1.60 bits per heavy atom. The maximum atomic E-state index is 12.3. The van der Waals surface area contributed by atoms with E-state index in [2.05, 4.69) is 29.6 Å². The lowest BCUT2D eigenvalue weighted by Gasteiger charge is -2.15. The monoisotopic (exact) mass is 403 g/mol. The zero-order chi connectivity index (χ0) is 21.1. The first-order valence-corrected chi connectivity index (χ1v) is 9.57. The molecule has 0 atom stereocenters. The van der Waals surface area contributed by atoms with Gasteiger partial charge in [-0.2, -0.15) is 0 Å². The van der Waals surface area contributed by atoms with Crippen molar-refractivity contribution in [3.05, 3.63) is 89.0 Å². The largest absolute Gasteiger partial charge is 0.496 e. The van der Waals surface area contributed by atoms with Gasteiger partial charge in [0.15, 0.2) is 0 Å². The summed E-state index contributed by atoms with van der Waals surface area (Å²) in [5, 5.41) is 11.8. The number of ether oxygens (including phenoxy) is 2. The number of benzene rings is 3. The van der Waals surface area contributed by atoms with E-state index in [1.165, 1.54) is 19.2 Å². The van der Waals surface area contributed by atoms with Crippen molar-refractivity contribution in [1.29, 1.82) is 0 Å². The molecule has 4 rings (SSSR count). The molecular formula is C24H21NO5. The summed E-state index contributed by atoms with van der Waals surface area (Å²) in [5.74, 6) is -0.563. The van der Waals surface area contributed by atoms with Crippen molar-refractivity contribution in [2.75, 3.05) is 13.7 Å². The van der Waals surface area contributed by atoms with E-state index in [9.17, 15) is 9.59 Å². The number of rotatable bonds is 6. The van der Waals surface area contributed by atoms with Crippen LogP contribution in [-0.4, -0.2) is 30.9 Å². The van der Waals surface area contributed by atoms with Crippen LogP contribution in [0, 0.1) is 0 Å². The molecule has 0 unspecified atom stereocenters. The van der Waals surface area contributed by atoms with Gasteiger partial charge in [0.2, 0.25) is 0 Å². The molecule has 3 aromatic rings. The molecule has 0 bridgehead atoms. The molecule has 0 heterocycles. The molecule has 6 nitrogen and oxygen atoms in total. The fourth-order valence-electron chi connectivity index (χ4n) is 3.87. The second-order valence-corrected chi connectivity index (χ2v) is 7.01. The Labute approximate surface area is 174 Å². The summed E-state index contributed by atoms with van der Waals surface area (Å²) in [4.78, 5) is 23.5. The predicted octanol–water partition coefficient (Wildman–Crippen LogP) is 4.43. The molecule has 0 aliphatic heterocycles.